The predicted octanol–water partition coefficient (Wildman–Crippen LogP) is 2.63. The zero-order chi connectivity index (χ0) is 17.0. The van der Waals surface area contributed by atoms with Crippen LogP contribution in [0.3, 0.4) is 0 Å². The van der Waals surface area contributed by atoms with Gasteiger partial charge < -0.3 is 10.2 Å². The van der Waals surface area contributed by atoms with Gasteiger partial charge in [0.2, 0.25) is 9.84 Å². The van der Waals surface area contributed by atoms with Gasteiger partial charge in [0, 0.05) is 13.1 Å². The summed E-state index contributed by atoms with van der Waals surface area (Å²) in [6.45, 7) is 4.84. The third-order valence-electron chi connectivity index (χ3n) is 3.95. The van der Waals surface area contributed by atoms with E-state index < -0.39 is 26.4 Å². The van der Waals surface area contributed by atoms with E-state index in [9.17, 15) is 22.0 Å². The fraction of sp³-hybridized carbons (Fsp3) is 0.643. The molecule has 1 aliphatic rings. The molecule has 0 saturated carbocycles. The van der Waals surface area contributed by atoms with Gasteiger partial charge in [0.1, 0.15) is 4.88 Å². The van der Waals surface area contributed by atoms with Crippen molar-refractivity contribution in [3.8, 4) is 0 Å². The maximum absolute atomic E-state index is 12.7. The summed E-state index contributed by atoms with van der Waals surface area (Å²) >= 11 is 0.894. The Hall–Kier alpha value is -0.770. The molecule has 2 heterocycles. The van der Waals surface area contributed by atoms with Gasteiger partial charge in [-0.05, 0) is 43.3 Å². The third-order valence-corrected chi connectivity index (χ3v) is 6.40. The van der Waals surface area contributed by atoms with Crippen LogP contribution in [-0.2, 0) is 9.84 Å². The first-order chi connectivity index (χ1) is 10.9. The average molecular weight is 403 g/mol. The van der Waals surface area contributed by atoms with E-state index in [4.69, 9.17) is 0 Å². The van der Waals surface area contributed by atoms with Crippen LogP contribution in [0.4, 0.5) is 8.78 Å². The maximum atomic E-state index is 12.7. The van der Waals surface area contributed by atoms with Gasteiger partial charge in [-0.1, -0.05) is 6.92 Å². The van der Waals surface area contributed by atoms with E-state index in [1.165, 1.54) is 5.38 Å². The number of rotatable bonds is 6. The Labute approximate surface area is 150 Å². The highest BCUT2D eigenvalue weighted by molar-refractivity contribution is 7.92. The lowest BCUT2D eigenvalue weighted by Gasteiger charge is -2.32. The molecule has 10 heteroatoms. The number of hydrogen-bond acceptors (Lipinski definition) is 5. The van der Waals surface area contributed by atoms with Crippen LogP contribution >= 0.6 is 23.7 Å². The van der Waals surface area contributed by atoms with E-state index in [-0.39, 0.29) is 17.3 Å². The van der Waals surface area contributed by atoms with Crippen LogP contribution in [0.25, 0.3) is 0 Å². The second-order valence-corrected chi connectivity index (χ2v) is 8.27. The van der Waals surface area contributed by atoms with Crippen molar-refractivity contribution in [3.05, 3.63) is 16.3 Å². The fourth-order valence-electron chi connectivity index (χ4n) is 2.61. The molecule has 0 atom stereocenters. The minimum Gasteiger partial charge on any atom is -0.338 e. The van der Waals surface area contributed by atoms with E-state index in [1.807, 2.05) is 6.92 Å². The number of carbonyl (C=O) groups is 1. The predicted molar refractivity (Wildman–Crippen MR) is 91.9 cm³/mol. The van der Waals surface area contributed by atoms with E-state index in [0.717, 1.165) is 43.3 Å². The van der Waals surface area contributed by atoms with E-state index in [0.29, 0.717) is 19.0 Å². The van der Waals surface area contributed by atoms with Crippen LogP contribution in [0.5, 0.6) is 0 Å². The van der Waals surface area contributed by atoms with Gasteiger partial charge in [-0.25, -0.2) is 8.42 Å². The van der Waals surface area contributed by atoms with Gasteiger partial charge in [-0.2, -0.15) is 8.78 Å². The van der Waals surface area contributed by atoms with Crippen molar-refractivity contribution in [1.29, 1.82) is 0 Å². The summed E-state index contributed by atoms with van der Waals surface area (Å²) in [5, 5.41) is 4.63. The van der Waals surface area contributed by atoms with Crippen LogP contribution in [0.15, 0.2) is 16.3 Å². The number of halogens is 3. The summed E-state index contributed by atoms with van der Waals surface area (Å²) in [7, 11) is -4.75. The van der Waals surface area contributed by atoms with Crippen molar-refractivity contribution in [2.24, 2.45) is 5.92 Å². The SMILES string of the molecule is CCNCC1CCN(C(=O)c2sccc2S(=O)(=O)C(F)F)CC1.Cl. The molecule has 5 nitrogen and oxygen atoms in total. The van der Waals surface area contributed by atoms with Crippen molar-refractivity contribution in [2.75, 3.05) is 26.2 Å². The molecule has 1 aromatic heterocycles. The van der Waals surface area contributed by atoms with Gasteiger partial charge in [-0.15, -0.1) is 23.7 Å². The van der Waals surface area contributed by atoms with E-state index in [1.54, 1.807) is 4.90 Å². The summed E-state index contributed by atoms with van der Waals surface area (Å²) in [6, 6.07) is 1.08. The molecule has 1 fully saturated rings. The first-order valence-electron chi connectivity index (χ1n) is 7.47. The normalized spacial score (nSPS) is 16.2. The zero-order valence-electron chi connectivity index (χ0n) is 13.2. The fourth-order valence-corrected chi connectivity index (χ4v) is 4.73. The lowest BCUT2D eigenvalue weighted by Crippen LogP contribution is -2.40. The molecule has 1 aliphatic heterocycles. The summed E-state index contributed by atoms with van der Waals surface area (Å²) in [6.07, 6.45) is 1.64. The molecule has 1 N–H and O–H groups in total. The molecule has 0 spiro atoms. The molecule has 1 aromatic rings. The summed E-state index contributed by atoms with van der Waals surface area (Å²) in [5.74, 6) is -3.51. The molecule has 0 bridgehead atoms. The van der Waals surface area contributed by atoms with Crippen molar-refractivity contribution in [3.63, 3.8) is 0 Å². The molecule has 0 radical (unpaired) electrons. The minimum absolute atomic E-state index is 0. The van der Waals surface area contributed by atoms with Gasteiger partial charge in [0.05, 0.1) is 4.90 Å². The molecule has 1 amide bonds. The molecular weight excluding hydrogens is 382 g/mol. The Kier molecular flexibility index (Phi) is 8.04. The first kappa shape index (κ1) is 21.3. The average Bonchev–Trinajstić information content (AvgIpc) is 3.03. The molecule has 0 unspecified atom stereocenters. The number of sulfone groups is 1. The Morgan fingerprint density at radius 3 is 2.58 bits per heavy atom. The third kappa shape index (κ3) is 4.65. The number of thiophene rings is 1. The summed E-state index contributed by atoms with van der Waals surface area (Å²) in [4.78, 5) is 13.4. The lowest BCUT2D eigenvalue weighted by molar-refractivity contribution is 0.0691. The standard InChI is InChI=1S/C14H20F2N2O3S2.ClH/c1-2-17-9-10-3-6-18(7-4-10)13(19)12-11(5-8-22-12)23(20,21)14(15)16;/h5,8,10,14,17H,2-4,6-7,9H2,1H3;1H. The number of hydrogen-bond donors (Lipinski definition) is 1. The van der Waals surface area contributed by atoms with Gasteiger partial charge >= 0.3 is 5.76 Å². The summed E-state index contributed by atoms with van der Waals surface area (Å²) in [5.41, 5.74) is 0. The molecule has 24 heavy (non-hydrogen) atoms. The smallest absolute Gasteiger partial charge is 0.338 e. The Morgan fingerprint density at radius 2 is 2.04 bits per heavy atom. The summed E-state index contributed by atoms with van der Waals surface area (Å²) < 4.78 is 48.7. The van der Waals surface area contributed by atoms with E-state index >= 15 is 0 Å². The van der Waals surface area contributed by atoms with Crippen molar-refractivity contribution in [1.82, 2.24) is 10.2 Å². The monoisotopic (exact) mass is 402 g/mol. The number of carbonyl (C=O) groups excluding carboxylic acids is 1. The lowest BCUT2D eigenvalue weighted by atomic mass is 9.96. The number of likely N-dealkylation sites (tertiary alicyclic amines) is 1. The topological polar surface area (TPSA) is 66.5 Å². The highest BCUT2D eigenvalue weighted by atomic mass is 35.5. The quantitative estimate of drug-likeness (QED) is 0.794. The number of nitrogens with one attached hydrogen (secondary N) is 1. The van der Waals surface area contributed by atoms with Gasteiger partial charge in [0.25, 0.3) is 5.91 Å². The van der Waals surface area contributed by atoms with Gasteiger partial charge in [0.15, 0.2) is 0 Å². The Balaban J connectivity index is 0.00000288. The van der Waals surface area contributed by atoms with Crippen LogP contribution in [0, 0.1) is 5.92 Å². The van der Waals surface area contributed by atoms with Crippen LogP contribution < -0.4 is 5.32 Å². The number of piperidine rings is 1. The number of nitrogens with zero attached hydrogens (tertiary/aromatic N) is 1. The van der Waals surface area contributed by atoms with Gasteiger partial charge in [-0.3, -0.25) is 4.79 Å². The first-order valence-corrected chi connectivity index (χ1v) is 9.90. The molecule has 0 aliphatic carbocycles. The largest absolute Gasteiger partial charge is 0.341 e. The highest BCUT2D eigenvalue weighted by Gasteiger charge is 2.34. The number of alkyl halides is 2. The molecular formula is C14H21ClF2N2O3S2. The van der Waals surface area contributed by atoms with E-state index in [2.05, 4.69) is 5.32 Å². The molecule has 2 rings (SSSR count). The van der Waals surface area contributed by atoms with Crippen molar-refractivity contribution < 1.29 is 22.0 Å². The van der Waals surface area contributed by atoms with Crippen LogP contribution in [0.1, 0.15) is 29.4 Å². The van der Waals surface area contributed by atoms with Crippen molar-refractivity contribution in [2.45, 2.75) is 30.4 Å². The molecule has 138 valence electrons. The number of amides is 1. The molecule has 1 saturated heterocycles. The second kappa shape index (κ2) is 9.07. The highest BCUT2D eigenvalue weighted by Crippen LogP contribution is 2.29. The Bertz CT molecular complexity index is 644. The zero-order valence-corrected chi connectivity index (χ0v) is 15.7. The van der Waals surface area contributed by atoms with Crippen LogP contribution in [-0.4, -0.2) is 51.2 Å². The molecule has 0 aromatic carbocycles. The maximum Gasteiger partial charge on any atom is 0.341 e. The minimum atomic E-state index is -4.75. The van der Waals surface area contributed by atoms with Crippen molar-refractivity contribution >= 4 is 39.5 Å². The Morgan fingerprint density at radius 1 is 1.42 bits per heavy atom. The van der Waals surface area contributed by atoms with Crippen LogP contribution in [0.2, 0.25) is 0 Å². The second-order valence-electron chi connectivity index (χ2n) is 5.46.